The maximum atomic E-state index is 2.51. The van der Waals surface area contributed by atoms with Crippen molar-refractivity contribution >= 4 is 55.7 Å². The van der Waals surface area contributed by atoms with Gasteiger partial charge >= 0.3 is 0 Å². The summed E-state index contributed by atoms with van der Waals surface area (Å²) in [5.41, 5.74) is 23.3. The Labute approximate surface area is 436 Å². The van der Waals surface area contributed by atoms with Gasteiger partial charge in [0.2, 0.25) is 0 Å². The summed E-state index contributed by atoms with van der Waals surface area (Å²) in [5, 5.41) is 4.85. The highest BCUT2D eigenvalue weighted by Gasteiger charge is 2.37. The Kier molecular flexibility index (Phi) is 10.5. The number of rotatable bonds is 8. The Balaban J connectivity index is 1.14. The lowest BCUT2D eigenvalue weighted by atomic mass is 9.79. The van der Waals surface area contributed by atoms with E-state index in [1.54, 1.807) is 0 Å². The summed E-state index contributed by atoms with van der Waals surface area (Å²) < 4.78 is 0. The van der Waals surface area contributed by atoms with Crippen molar-refractivity contribution in [1.82, 2.24) is 0 Å². The minimum Gasteiger partial charge on any atom is -0.310 e. The third-order valence-electron chi connectivity index (χ3n) is 16.4. The molecule has 11 aromatic carbocycles. The number of fused-ring (bicyclic) bond motifs is 8. The molecular weight excluding hydrogens is 893 g/mol. The van der Waals surface area contributed by atoms with Gasteiger partial charge < -0.3 is 9.80 Å². The molecule has 0 aromatic heterocycles. The number of benzene rings is 11. The second kappa shape index (κ2) is 17.1. The van der Waals surface area contributed by atoms with E-state index in [4.69, 9.17) is 0 Å². The Morgan fingerprint density at radius 2 is 0.622 bits per heavy atom. The van der Waals surface area contributed by atoms with Gasteiger partial charge in [0.1, 0.15) is 0 Å². The number of nitrogens with zero attached hydrogens (tertiary/aromatic N) is 2. The third-order valence-corrected chi connectivity index (χ3v) is 16.4. The van der Waals surface area contributed by atoms with Crippen molar-refractivity contribution in [3.05, 3.63) is 264 Å². The SMILES string of the molecule is CC(C)(C)c1ccc(N(c2ccccc2)c2ccc3c(-c4ccc5c(c4)C(C)(C)c4ccccc4-5)c4cc(N(c5ccccc5)c5ccccc5)ccc4c(-c4ccc5c(c4)C(C)(C)c4ccccc4-5)c3c2)cc1. The first-order valence-electron chi connectivity index (χ1n) is 26.3. The van der Waals surface area contributed by atoms with Gasteiger partial charge in [-0.3, -0.25) is 0 Å². The zero-order valence-electron chi connectivity index (χ0n) is 43.4. The van der Waals surface area contributed by atoms with Crippen molar-refractivity contribution < 1.29 is 0 Å². The minimum atomic E-state index is -0.171. The van der Waals surface area contributed by atoms with Crippen molar-refractivity contribution in [2.24, 2.45) is 0 Å². The quantitative estimate of drug-likeness (QED) is 0.140. The molecule has 0 bridgehead atoms. The largest absolute Gasteiger partial charge is 0.310 e. The summed E-state index contributed by atoms with van der Waals surface area (Å²) in [7, 11) is 0. The topological polar surface area (TPSA) is 6.48 Å². The smallest absolute Gasteiger partial charge is 0.0468 e. The molecule has 2 aliphatic carbocycles. The molecule has 358 valence electrons. The molecule has 2 aliphatic rings. The van der Waals surface area contributed by atoms with Crippen molar-refractivity contribution in [1.29, 1.82) is 0 Å². The summed E-state index contributed by atoms with van der Waals surface area (Å²) in [6.45, 7) is 16.4. The normalized spacial score (nSPS) is 13.8. The number of anilines is 6. The summed E-state index contributed by atoms with van der Waals surface area (Å²) in [5.74, 6) is 0. The predicted octanol–water partition coefficient (Wildman–Crippen LogP) is 20.2. The van der Waals surface area contributed by atoms with Gasteiger partial charge in [-0.1, -0.05) is 200 Å². The lowest BCUT2D eigenvalue weighted by molar-refractivity contribution is 0.590. The van der Waals surface area contributed by atoms with Crippen LogP contribution >= 0.6 is 0 Å². The Hall–Kier alpha value is -8.46. The van der Waals surface area contributed by atoms with E-state index in [1.165, 1.54) is 93.9 Å². The number of hydrogen-bond donors (Lipinski definition) is 0. The van der Waals surface area contributed by atoms with Crippen LogP contribution in [0, 0.1) is 0 Å². The van der Waals surface area contributed by atoms with Gasteiger partial charge in [-0.15, -0.1) is 0 Å². The van der Waals surface area contributed by atoms with E-state index in [9.17, 15) is 0 Å². The fourth-order valence-electron chi connectivity index (χ4n) is 12.6. The number of hydrogen-bond acceptors (Lipinski definition) is 2. The molecule has 0 radical (unpaired) electrons. The van der Waals surface area contributed by atoms with Crippen molar-refractivity contribution in [3.8, 4) is 44.5 Å². The highest BCUT2D eigenvalue weighted by atomic mass is 15.1. The van der Waals surface area contributed by atoms with Crippen LogP contribution in [-0.4, -0.2) is 0 Å². The fraction of sp³-hybridized carbons (Fsp3) is 0.139. The van der Waals surface area contributed by atoms with E-state index < -0.39 is 0 Å². The average molecular weight is 953 g/mol. The molecule has 0 fully saturated rings. The molecule has 2 nitrogen and oxygen atoms in total. The van der Waals surface area contributed by atoms with Crippen LogP contribution in [0.5, 0.6) is 0 Å². The molecular formula is C72H60N2. The van der Waals surface area contributed by atoms with Crippen LogP contribution in [0.4, 0.5) is 34.1 Å². The second-order valence-electron chi connectivity index (χ2n) is 22.5. The monoisotopic (exact) mass is 952 g/mol. The van der Waals surface area contributed by atoms with E-state index in [1.807, 2.05) is 0 Å². The standard InChI is InChI=1S/C72H60N2/c1-70(2,3)49-33-35-53(36-34-49)74(52-25-15-10-16-26-52)55-38-42-61-63(46-55)69(48-32-40-59-57-28-18-20-30-65(57)72(6,7)67(59)44-48)60-41-37-54(73(50-21-11-8-12-22-50)51-23-13-9-14-24-51)45-62(60)68(61)47-31-39-58-56-27-17-19-29-64(56)71(4,5)66(58)43-47/h8-46H,1-7H3. The van der Waals surface area contributed by atoms with Gasteiger partial charge in [-0.25, -0.2) is 0 Å². The molecule has 74 heavy (non-hydrogen) atoms. The van der Waals surface area contributed by atoms with Crippen molar-refractivity contribution in [3.63, 3.8) is 0 Å². The van der Waals surface area contributed by atoms with Gasteiger partial charge in [-0.05, 0) is 184 Å². The lowest BCUT2D eigenvalue weighted by Gasteiger charge is -2.29. The molecule has 2 heteroatoms. The lowest BCUT2D eigenvalue weighted by Crippen LogP contribution is -2.15. The zero-order valence-corrected chi connectivity index (χ0v) is 43.4. The summed E-state index contributed by atoms with van der Waals surface area (Å²) in [6.07, 6.45) is 0. The molecule has 0 unspecified atom stereocenters. The van der Waals surface area contributed by atoms with Gasteiger partial charge in [-0.2, -0.15) is 0 Å². The van der Waals surface area contributed by atoms with E-state index in [2.05, 4.69) is 295 Å². The summed E-state index contributed by atoms with van der Waals surface area (Å²) in [4.78, 5) is 4.83. The van der Waals surface area contributed by atoms with Crippen LogP contribution in [0.2, 0.25) is 0 Å². The van der Waals surface area contributed by atoms with Crippen LogP contribution in [0.25, 0.3) is 66.1 Å². The van der Waals surface area contributed by atoms with Gasteiger partial charge in [0.25, 0.3) is 0 Å². The fourth-order valence-corrected chi connectivity index (χ4v) is 12.6. The van der Waals surface area contributed by atoms with E-state index >= 15 is 0 Å². The maximum Gasteiger partial charge on any atom is 0.0468 e. The van der Waals surface area contributed by atoms with Gasteiger partial charge in [0.05, 0.1) is 0 Å². The predicted molar refractivity (Wildman–Crippen MR) is 316 cm³/mol. The first-order valence-corrected chi connectivity index (χ1v) is 26.3. The molecule has 0 N–H and O–H groups in total. The molecule has 11 aromatic rings. The van der Waals surface area contributed by atoms with Crippen molar-refractivity contribution in [2.45, 2.75) is 64.7 Å². The Bertz CT molecular complexity index is 3930. The zero-order chi connectivity index (χ0) is 50.5. The van der Waals surface area contributed by atoms with Crippen LogP contribution in [0.15, 0.2) is 237 Å². The minimum absolute atomic E-state index is 0.0336. The molecule has 0 saturated carbocycles. The first kappa shape index (κ1) is 45.4. The Morgan fingerprint density at radius 3 is 1.01 bits per heavy atom. The van der Waals surface area contributed by atoms with E-state index in [-0.39, 0.29) is 16.2 Å². The first-order chi connectivity index (χ1) is 35.9. The highest BCUT2D eigenvalue weighted by Crippen LogP contribution is 2.55. The molecule has 13 rings (SSSR count). The maximum absolute atomic E-state index is 2.51. The molecule has 0 aliphatic heterocycles. The molecule has 0 saturated heterocycles. The third kappa shape index (κ3) is 7.22. The summed E-state index contributed by atoms with van der Waals surface area (Å²) >= 11 is 0. The van der Waals surface area contributed by atoms with Gasteiger partial charge in [0, 0.05) is 45.0 Å². The van der Waals surface area contributed by atoms with Crippen LogP contribution < -0.4 is 9.80 Å². The van der Waals surface area contributed by atoms with Crippen LogP contribution in [0.1, 0.15) is 76.3 Å². The molecule has 0 spiro atoms. The average Bonchev–Trinajstić information content (AvgIpc) is 3.80. The van der Waals surface area contributed by atoms with Crippen LogP contribution in [0.3, 0.4) is 0 Å². The second-order valence-corrected chi connectivity index (χ2v) is 22.5. The Morgan fingerprint density at radius 1 is 0.284 bits per heavy atom. The molecule has 0 atom stereocenters. The molecule has 0 heterocycles. The van der Waals surface area contributed by atoms with E-state index in [0.29, 0.717) is 0 Å². The highest BCUT2D eigenvalue weighted by molar-refractivity contribution is 6.23. The van der Waals surface area contributed by atoms with Gasteiger partial charge in [0.15, 0.2) is 0 Å². The number of para-hydroxylation sites is 3. The van der Waals surface area contributed by atoms with Crippen LogP contribution in [-0.2, 0) is 16.2 Å². The molecule has 0 amide bonds. The van der Waals surface area contributed by atoms with E-state index in [0.717, 1.165) is 34.1 Å². The van der Waals surface area contributed by atoms with Crippen molar-refractivity contribution in [2.75, 3.05) is 9.80 Å². The summed E-state index contributed by atoms with van der Waals surface area (Å²) in [6, 6.07) is 88.6.